The first-order chi connectivity index (χ1) is 13.3. The van der Waals surface area contributed by atoms with Crippen LogP contribution in [0, 0.1) is 0 Å². The fraction of sp³-hybridized carbons (Fsp3) is 0.190. The average Bonchev–Trinajstić information content (AvgIpc) is 2.73. The molecule has 2 aromatic heterocycles. The Morgan fingerprint density at radius 1 is 1.07 bits per heavy atom. The van der Waals surface area contributed by atoms with E-state index in [0.717, 1.165) is 35.5 Å². The predicted octanol–water partition coefficient (Wildman–Crippen LogP) is 3.07. The van der Waals surface area contributed by atoms with Crippen LogP contribution in [0.1, 0.15) is 21.6 Å². The molecule has 0 bridgehead atoms. The Kier molecular flexibility index (Phi) is 6.35. The Bertz CT molecular complexity index is 867. The molecule has 6 nitrogen and oxygen atoms in total. The first-order valence-electron chi connectivity index (χ1n) is 8.75. The summed E-state index contributed by atoms with van der Waals surface area (Å²) in [6, 6.07) is 15.3. The van der Waals surface area contributed by atoms with Crippen molar-refractivity contribution < 1.29 is 9.53 Å². The lowest BCUT2D eigenvalue weighted by Gasteiger charge is -2.10. The minimum absolute atomic E-state index is 0.209. The number of nitrogens with zero attached hydrogens (tertiary/aromatic N) is 2. The molecular formula is C21H22N4O2. The Labute approximate surface area is 158 Å². The zero-order valence-corrected chi connectivity index (χ0v) is 15.2. The van der Waals surface area contributed by atoms with Gasteiger partial charge < -0.3 is 15.4 Å². The van der Waals surface area contributed by atoms with Crippen molar-refractivity contribution in [2.75, 3.05) is 19.0 Å². The third kappa shape index (κ3) is 5.28. The van der Waals surface area contributed by atoms with Crippen molar-refractivity contribution in [2.24, 2.45) is 0 Å². The highest BCUT2D eigenvalue weighted by Crippen LogP contribution is 2.18. The molecule has 0 fully saturated rings. The average molecular weight is 362 g/mol. The molecular weight excluding hydrogens is 340 g/mol. The van der Waals surface area contributed by atoms with E-state index in [1.807, 2.05) is 36.4 Å². The van der Waals surface area contributed by atoms with Crippen LogP contribution in [-0.4, -0.2) is 29.5 Å². The number of rotatable bonds is 8. The minimum atomic E-state index is -0.209. The monoisotopic (exact) mass is 362 g/mol. The lowest BCUT2D eigenvalue weighted by Crippen LogP contribution is -2.23. The molecule has 0 spiro atoms. The molecule has 0 radical (unpaired) electrons. The minimum Gasteiger partial charge on any atom is -0.496 e. The van der Waals surface area contributed by atoms with Gasteiger partial charge in [-0.1, -0.05) is 24.3 Å². The van der Waals surface area contributed by atoms with Crippen LogP contribution >= 0.6 is 0 Å². The Hall–Kier alpha value is -3.41. The Morgan fingerprint density at radius 3 is 2.70 bits per heavy atom. The van der Waals surface area contributed by atoms with Gasteiger partial charge in [0, 0.05) is 25.5 Å². The second-order valence-electron chi connectivity index (χ2n) is 5.96. The fourth-order valence-electron chi connectivity index (χ4n) is 2.66. The van der Waals surface area contributed by atoms with Gasteiger partial charge in [-0.15, -0.1) is 0 Å². The molecule has 0 saturated heterocycles. The Balaban J connectivity index is 1.49. The van der Waals surface area contributed by atoms with E-state index in [-0.39, 0.29) is 5.91 Å². The van der Waals surface area contributed by atoms with E-state index in [2.05, 4.69) is 26.7 Å². The van der Waals surface area contributed by atoms with Gasteiger partial charge in [0.05, 0.1) is 19.0 Å². The second-order valence-corrected chi connectivity index (χ2v) is 5.96. The van der Waals surface area contributed by atoms with Gasteiger partial charge in [-0.25, -0.2) is 4.98 Å². The molecule has 0 saturated carbocycles. The molecule has 0 aliphatic heterocycles. The normalized spacial score (nSPS) is 10.3. The smallest absolute Gasteiger partial charge is 0.270 e. The maximum absolute atomic E-state index is 12.2. The summed E-state index contributed by atoms with van der Waals surface area (Å²) < 4.78 is 5.36. The Morgan fingerprint density at radius 2 is 1.96 bits per heavy atom. The highest BCUT2D eigenvalue weighted by atomic mass is 16.5. The number of pyridine rings is 2. The third-order valence-corrected chi connectivity index (χ3v) is 4.09. The van der Waals surface area contributed by atoms with E-state index in [4.69, 9.17) is 4.74 Å². The van der Waals surface area contributed by atoms with Crippen molar-refractivity contribution in [2.45, 2.75) is 13.0 Å². The van der Waals surface area contributed by atoms with Gasteiger partial charge in [0.25, 0.3) is 5.91 Å². The summed E-state index contributed by atoms with van der Waals surface area (Å²) in [5.41, 5.74) is 3.34. The van der Waals surface area contributed by atoms with Crippen LogP contribution in [0.2, 0.25) is 0 Å². The van der Waals surface area contributed by atoms with E-state index in [9.17, 15) is 4.79 Å². The zero-order valence-electron chi connectivity index (χ0n) is 15.2. The van der Waals surface area contributed by atoms with Crippen molar-refractivity contribution >= 4 is 11.6 Å². The molecule has 27 heavy (non-hydrogen) atoms. The van der Waals surface area contributed by atoms with Gasteiger partial charge in [0.15, 0.2) is 0 Å². The number of methoxy groups -OCH3 is 1. The molecule has 6 heteroatoms. The highest BCUT2D eigenvalue weighted by molar-refractivity contribution is 5.92. The lowest BCUT2D eigenvalue weighted by atomic mass is 10.1. The van der Waals surface area contributed by atoms with Crippen molar-refractivity contribution in [3.05, 3.63) is 83.9 Å². The number of nitrogens with one attached hydrogen (secondary N) is 2. The molecule has 3 aromatic rings. The molecule has 0 atom stereocenters. The summed E-state index contributed by atoms with van der Waals surface area (Å²) >= 11 is 0. The number of hydrogen-bond donors (Lipinski definition) is 2. The highest BCUT2D eigenvalue weighted by Gasteiger charge is 2.07. The number of hydrogen-bond acceptors (Lipinski definition) is 5. The maximum atomic E-state index is 12.2. The molecule has 0 unspecified atom stereocenters. The summed E-state index contributed by atoms with van der Waals surface area (Å²) in [5, 5.41) is 6.15. The number of aromatic nitrogens is 2. The quantitative estimate of drug-likeness (QED) is 0.644. The second kappa shape index (κ2) is 9.33. The molecule has 138 valence electrons. The number of ether oxygens (including phenoxy) is 1. The summed E-state index contributed by atoms with van der Waals surface area (Å²) in [6.07, 6.45) is 5.92. The van der Waals surface area contributed by atoms with Crippen LogP contribution in [0.25, 0.3) is 0 Å². The molecule has 3 rings (SSSR count). The summed E-state index contributed by atoms with van der Waals surface area (Å²) in [5.74, 6) is 0.678. The molecule has 2 heterocycles. The largest absolute Gasteiger partial charge is 0.496 e. The molecule has 2 N–H and O–H groups in total. The molecule has 0 aliphatic carbocycles. The lowest BCUT2D eigenvalue weighted by molar-refractivity contribution is 0.0946. The van der Waals surface area contributed by atoms with Crippen molar-refractivity contribution in [3.8, 4) is 5.75 Å². The van der Waals surface area contributed by atoms with Crippen LogP contribution in [-0.2, 0) is 13.0 Å². The topological polar surface area (TPSA) is 76.1 Å². The summed E-state index contributed by atoms with van der Waals surface area (Å²) in [7, 11) is 1.67. The van der Waals surface area contributed by atoms with Crippen LogP contribution in [0.3, 0.4) is 0 Å². The number of carbonyl (C=O) groups excluding carboxylic acids is 1. The van der Waals surface area contributed by atoms with Crippen LogP contribution < -0.4 is 15.4 Å². The number of benzene rings is 1. The van der Waals surface area contributed by atoms with Gasteiger partial charge in [-0.05, 0) is 41.8 Å². The zero-order chi connectivity index (χ0) is 18.9. The fourth-order valence-corrected chi connectivity index (χ4v) is 2.66. The van der Waals surface area contributed by atoms with Crippen LogP contribution in [0.15, 0.2) is 67.1 Å². The van der Waals surface area contributed by atoms with Gasteiger partial charge in [0.1, 0.15) is 11.4 Å². The van der Waals surface area contributed by atoms with Crippen LogP contribution in [0.5, 0.6) is 5.75 Å². The van der Waals surface area contributed by atoms with E-state index in [0.29, 0.717) is 12.2 Å². The number of para-hydroxylation sites is 1. The van der Waals surface area contributed by atoms with E-state index >= 15 is 0 Å². The van der Waals surface area contributed by atoms with Gasteiger partial charge in [-0.2, -0.15) is 0 Å². The molecule has 1 amide bonds. The van der Waals surface area contributed by atoms with Crippen molar-refractivity contribution in [3.63, 3.8) is 0 Å². The van der Waals surface area contributed by atoms with Crippen LogP contribution in [0.4, 0.5) is 5.69 Å². The molecule has 0 aliphatic rings. The summed E-state index contributed by atoms with van der Waals surface area (Å²) in [6.45, 7) is 1.17. The van der Waals surface area contributed by atoms with Gasteiger partial charge in [0.2, 0.25) is 0 Å². The summed E-state index contributed by atoms with van der Waals surface area (Å²) in [4.78, 5) is 20.4. The first-order valence-corrected chi connectivity index (χ1v) is 8.75. The maximum Gasteiger partial charge on any atom is 0.270 e. The van der Waals surface area contributed by atoms with Gasteiger partial charge >= 0.3 is 0 Å². The third-order valence-electron chi connectivity index (χ3n) is 4.09. The van der Waals surface area contributed by atoms with E-state index < -0.39 is 0 Å². The standard InChI is InChI=1S/C21H22N4O2/c1-27-20-7-3-2-6-17(20)10-12-23-18-8-9-19(24-15-18)21(26)25-14-16-5-4-11-22-13-16/h2-9,11,13,15,23H,10,12,14H2,1H3,(H,25,26). The van der Waals surface area contributed by atoms with Crippen molar-refractivity contribution in [1.82, 2.24) is 15.3 Å². The predicted molar refractivity (Wildman–Crippen MR) is 105 cm³/mol. The van der Waals surface area contributed by atoms with Gasteiger partial charge in [-0.3, -0.25) is 9.78 Å². The number of anilines is 1. The van der Waals surface area contributed by atoms with Crippen molar-refractivity contribution in [1.29, 1.82) is 0 Å². The van der Waals surface area contributed by atoms with E-state index in [1.165, 1.54) is 0 Å². The molecule has 1 aromatic carbocycles. The first kappa shape index (κ1) is 18.4. The van der Waals surface area contributed by atoms with E-state index in [1.54, 1.807) is 31.8 Å². The number of carbonyl (C=O) groups is 1. The SMILES string of the molecule is COc1ccccc1CCNc1ccc(C(=O)NCc2cccnc2)nc1. The number of amides is 1.